The van der Waals surface area contributed by atoms with Crippen LogP contribution in [0.25, 0.3) is 17.1 Å². The summed E-state index contributed by atoms with van der Waals surface area (Å²) in [5.41, 5.74) is 3.39. The van der Waals surface area contributed by atoms with Gasteiger partial charge in [0.2, 0.25) is 5.91 Å². The van der Waals surface area contributed by atoms with Crippen molar-refractivity contribution in [3.63, 3.8) is 0 Å². The fourth-order valence-corrected chi connectivity index (χ4v) is 4.69. The monoisotopic (exact) mass is 498 g/mol. The van der Waals surface area contributed by atoms with Crippen LogP contribution in [-0.2, 0) is 11.3 Å². The summed E-state index contributed by atoms with van der Waals surface area (Å²) in [7, 11) is 0. The number of nitrogens with one attached hydrogen (secondary N) is 1. The van der Waals surface area contributed by atoms with Gasteiger partial charge in [-0.3, -0.25) is 9.59 Å². The van der Waals surface area contributed by atoms with Crippen molar-refractivity contribution in [2.24, 2.45) is 5.92 Å². The molecule has 1 atom stereocenters. The average Bonchev–Trinajstić information content (AvgIpc) is 3.28. The zero-order valence-electron chi connectivity index (χ0n) is 21.0. The molecule has 3 aromatic heterocycles. The Morgan fingerprint density at radius 3 is 2.62 bits per heavy atom. The van der Waals surface area contributed by atoms with Crippen LogP contribution in [0.5, 0.6) is 0 Å². The van der Waals surface area contributed by atoms with Crippen molar-refractivity contribution in [1.29, 1.82) is 0 Å². The van der Waals surface area contributed by atoms with E-state index in [1.165, 1.54) is 10.7 Å². The van der Waals surface area contributed by atoms with Crippen LogP contribution < -0.4 is 15.8 Å². The molecule has 1 aliphatic heterocycles. The van der Waals surface area contributed by atoms with E-state index in [9.17, 15) is 9.59 Å². The van der Waals surface area contributed by atoms with Crippen molar-refractivity contribution in [2.75, 3.05) is 24.5 Å². The van der Waals surface area contributed by atoms with E-state index in [-0.39, 0.29) is 17.4 Å². The number of aromatic nitrogens is 6. The molecule has 1 aliphatic rings. The van der Waals surface area contributed by atoms with Crippen molar-refractivity contribution >= 4 is 11.7 Å². The quantitative estimate of drug-likeness (QED) is 0.417. The Hall–Kier alpha value is -4.34. The minimum Gasteiger partial charge on any atom is -0.356 e. The summed E-state index contributed by atoms with van der Waals surface area (Å²) in [5, 5.41) is 12.0. The maximum absolute atomic E-state index is 13.0. The SMILES string of the molecule is Cc1cc(C)n(-c2cc(N3CCCC(C(=O)NCCn4nc(-c5ccccc5)ccc4=O)C3)ncn2)n1. The van der Waals surface area contributed by atoms with Crippen LogP contribution in [0.3, 0.4) is 0 Å². The number of aryl methyl sites for hydroxylation is 2. The van der Waals surface area contributed by atoms with Crippen molar-refractivity contribution in [1.82, 2.24) is 34.8 Å². The first-order valence-corrected chi connectivity index (χ1v) is 12.5. The predicted molar refractivity (Wildman–Crippen MR) is 141 cm³/mol. The third-order valence-electron chi connectivity index (χ3n) is 6.54. The number of nitrogens with zero attached hydrogens (tertiary/aromatic N) is 7. The second kappa shape index (κ2) is 10.7. The maximum Gasteiger partial charge on any atom is 0.266 e. The first-order chi connectivity index (χ1) is 18.0. The molecule has 1 fully saturated rings. The molecule has 0 spiro atoms. The number of piperidine rings is 1. The van der Waals surface area contributed by atoms with Gasteiger partial charge in [-0.1, -0.05) is 30.3 Å². The Morgan fingerprint density at radius 2 is 1.84 bits per heavy atom. The lowest BCUT2D eigenvalue weighted by molar-refractivity contribution is -0.125. The number of carbonyl (C=O) groups is 1. The molecule has 1 unspecified atom stereocenters. The van der Waals surface area contributed by atoms with Gasteiger partial charge in [-0.15, -0.1) is 0 Å². The van der Waals surface area contributed by atoms with E-state index in [0.29, 0.717) is 25.5 Å². The van der Waals surface area contributed by atoms with Crippen molar-refractivity contribution in [3.05, 3.63) is 82.7 Å². The van der Waals surface area contributed by atoms with Crippen LogP contribution in [0.2, 0.25) is 0 Å². The lowest BCUT2D eigenvalue weighted by Crippen LogP contribution is -2.44. The lowest BCUT2D eigenvalue weighted by atomic mass is 9.97. The Labute approximate surface area is 215 Å². The highest BCUT2D eigenvalue weighted by atomic mass is 16.2. The van der Waals surface area contributed by atoms with E-state index in [4.69, 9.17) is 0 Å². The van der Waals surface area contributed by atoms with Crippen LogP contribution >= 0.6 is 0 Å². The molecule has 0 bridgehead atoms. The number of carbonyl (C=O) groups excluding carboxylic acids is 1. The first kappa shape index (κ1) is 24.4. The van der Waals surface area contributed by atoms with Gasteiger partial charge in [0, 0.05) is 43.0 Å². The normalized spacial score (nSPS) is 15.5. The fourth-order valence-electron chi connectivity index (χ4n) is 4.69. The van der Waals surface area contributed by atoms with E-state index >= 15 is 0 Å². The van der Waals surface area contributed by atoms with E-state index in [1.54, 1.807) is 17.1 Å². The minimum atomic E-state index is -0.194. The van der Waals surface area contributed by atoms with Crippen LogP contribution in [0.15, 0.2) is 65.7 Å². The standard InChI is InChI=1S/C27H30N8O2/c1-19-15-20(2)35(31-19)25-16-24(29-18-30-25)33-13-6-9-22(17-33)27(37)28-12-14-34-26(36)11-10-23(32-34)21-7-4-3-5-8-21/h3-5,7-8,10-11,15-16,18,22H,6,9,12-14,17H2,1-2H3,(H,28,37). The molecular weight excluding hydrogens is 468 g/mol. The van der Waals surface area contributed by atoms with Crippen LogP contribution in [0, 0.1) is 19.8 Å². The highest BCUT2D eigenvalue weighted by molar-refractivity contribution is 5.79. The Bertz CT molecular complexity index is 1450. The molecule has 1 saturated heterocycles. The van der Waals surface area contributed by atoms with Crippen molar-refractivity contribution < 1.29 is 4.79 Å². The van der Waals surface area contributed by atoms with Crippen molar-refractivity contribution in [2.45, 2.75) is 33.2 Å². The zero-order chi connectivity index (χ0) is 25.8. The molecule has 4 heterocycles. The van der Waals surface area contributed by atoms with Gasteiger partial charge >= 0.3 is 0 Å². The molecule has 1 aromatic carbocycles. The second-order valence-corrected chi connectivity index (χ2v) is 9.30. The summed E-state index contributed by atoms with van der Waals surface area (Å²) in [5.74, 6) is 1.30. The molecule has 37 heavy (non-hydrogen) atoms. The molecule has 4 aromatic rings. The number of hydrogen-bond donors (Lipinski definition) is 1. The molecule has 0 saturated carbocycles. The average molecular weight is 499 g/mol. The van der Waals surface area contributed by atoms with Crippen LogP contribution in [0.4, 0.5) is 5.82 Å². The van der Waals surface area contributed by atoms with Gasteiger partial charge in [0.25, 0.3) is 5.56 Å². The number of amides is 1. The number of hydrogen-bond acceptors (Lipinski definition) is 7. The molecule has 1 amide bonds. The molecule has 190 valence electrons. The molecule has 5 rings (SSSR count). The molecular formula is C27H30N8O2. The van der Waals surface area contributed by atoms with Gasteiger partial charge < -0.3 is 10.2 Å². The fraction of sp³-hybridized carbons (Fsp3) is 0.333. The largest absolute Gasteiger partial charge is 0.356 e. The van der Waals surface area contributed by atoms with Crippen molar-refractivity contribution in [3.8, 4) is 17.1 Å². The smallest absolute Gasteiger partial charge is 0.266 e. The second-order valence-electron chi connectivity index (χ2n) is 9.30. The van der Waals surface area contributed by atoms with Crippen LogP contribution in [-0.4, -0.2) is 55.1 Å². The first-order valence-electron chi connectivity index (χ1n) is 12.5. The topological polar surface area (TPSA) is 111 Å². The highest BCUT2D eigenvalue weighted by Gasteiger charge is 2.26. The zero-order valence-corrected chi connectivity index (χ0v) is 21.0. The van der Waals surface area contributed by atoms with Gasteiger partial charge in [-0.05, 0) is 38.8 Å². The molecule has 0 aliphatic carbocycles. The molecule has 10 nitrogen and oxygen atoms in total. The van der Waals surface area contributed by atoms with E-state index in [0.717, 1.165) is 47.8 Å². The molecule has 0 radical (unpaired) electrons. The maximum atomic E-state index is 13.0. The Morgan fingerprint density at radius 1 is 1.03 bits per heavy atom. The summed E-state index contributed by atoms with van der Waals surface area (Å²) < 4.78 is 3.20. The highest BCUT2D eigenvalue weighted by Crippen LogP contribution is 2.23. The van der Waals surface area contributed by atoms with Gasteiger partial charge in [-0.25, -0.2) is 19.3 Å². The van der Waals surface area contributed by atoms with E-state index < -0.39 is 0 Å². The van der Waals surface area contributed by atoms with Gasteiger partial charge in [0.05, 0.1) is 23.9 Å². The summed E-state index contributed by atoms with van der Waals surface area (Å²) in [6, 6.07) is 16.9. The third-order valence-corrected chi connectivity index (χ3v) is 6.54. The van der Waals surface area contributed by atoms with Gasteiger partial charge in [-0.2, -0.15) is 10.2 Å². The number of anilines is 1. The minimum absolute atomic E-state index is 0.0233. The lowest BCUT2D eigenvalue weighted by Gasteiger charge is -2.33. The van der Waals surface area contributed by atoms with Crippen LogP contribution in [0.1, 0.15) is 24.2 Å². The summed E-state index contributed by atoms with van der Waals surface area (Å²) >= 11 is 0. The van der Waals surface area contributed by atoms with Gasteiger partial charge in [0.15, 0.2) is 5.82 Å². The number of rotatable bonds is 7. The Balaban J connectivity index is 1.20. The third kappa shape index (κ3) is 5.58. The number of benzene rings is 1. The van der Waals surface area contributed by atoms with Gasteiger partial charge in [0.1, 0.15) is 12.1 Å². The predicted octanol–water partition coefficient (Wildman–Crippen LogP) is 2.54. The van der Waals surface area contributed by atoms with E-state index in [1.807, 2.05) is 56.3 Å². The summed E-state index contributed by atoms with van der Waals surface area (Å²) in [4.78, 5) is 36.2. The molecule has 1 N–H and O–H groups in total. The summed E-state index contributed by atoms with van der Waals surface area (Å²) in [6.45, 7) is 5.97. The molecule has 10 heteroatoms. The Kier molecular flexibility index (Phi) is 7.07. The van der Waals surface area contributed by atoms with E-state index in [2.05, 4.69) is 30.4 Å². The summed E-state index contributed by atoms with van der Waals surface area (Å²) in [6.07, 6.45) is 3.23.